The van der Waals surface area contributed by atoms with Crippen molar-refractivity contribution in [3.63, 3.8) is 0 Å². The fourth-order valence-corrected chi connectivity index (χ4v) is 3.80. The maximum atomic E-state index is 10.9. The summed E-state index contributed by atoms with van der Waals surface area (Å²) in [6.45, 7) is 4.94. The van der Waals surface area contributed by atoms with E-state index in [9.17, 15) is 5.11 Å². The van der Waals surface area contributed by atoms with E-state index >= 15 is 0 Å². The summed E-state index contributed by atoms with van der Waals surface area (Å²) < 4.78 is 0. The molecule has 3 N–H and O–H groups in total. The van der Waals surface area contributed by atoms with E-state index in [1.54, 1.807) is 6.33 Å². The number of fused-ring (bicyclic) bond motifs is 2. The lowest BCUT2D eigenvalue weighted by atomic mass is 9.89. The van der Waals surface area contributed by atoms with Gasteiger partial charge in [-0.15, -0.1) is 0 Å². The SMILES string of the molecule is C[C@H](CCCC(C)(O)c1ccc2nc[nH]c2c1)NCc1ccc2cnccc2c1. The average molecular weight is 389 g/mol. The van der Waals surface area contributed by atoms with Gasteiger partial charge in [-0.2, -0.15) is 0 Å². The highest BCUT2D eigenvalue weighted by molar-refractivity contribution is 5.82. The summed E-state index contributed by atoms with van der Waals surface area (Å²) in [5.74, 6) is 0. The Balaban J connectivity index is 1.27. The fraction of sp³-hybridized carbons (Fsp3) is 0.333. The van der Waals surface area contributed by atoms with Crippen molar-refractivity contribution in [2.75, 3.05) is 0 Å². The monoisotopic (exact) mass is 388 g/mol. The summed E-state index contributed by atoms with van der Waals surface area (Å²) in [5, 5.41) is 16.9. The summed E-state index contributed by atoms with van der Waals surface area (Å²) in [5.41, 5.74) is 3.25. The number of H-pyrrole nitrogens is 1. The third-order valence-electron chi connectivity index (χ3n) is 5.70. The fourth-order valence-electron chi connectivity index (χ4n) is 3.80. The average Bonchev–Trinajstić information content (AvgIpc) is 3.20. The first-order valence-electron chi connectivity index (χ1n) is 10.2. The van der Waals surface area contributed by atoms with E-state index in [0.717, 1.165) is 42.4 Å². The number of hydrogen-bond acceptors (Lipinski definition) is 4. The molecule has 0 radical (unpaired) electrons. The van der Waals surface area contributed by atoms with Crippen molar-refractivity contribution in [1.29, 1.82) is 0 Å². The van der Waals surface area contributed by atoms with Crippen LogP contribution in [0.3, 0.4) is 0 Å². The van der Waals surface area contributed by atoms with Gasteiger partial charge in [-0.05, 0) is 73.9 Å². The molecular formula is C24H28N4O. The van der Waals surface area contributed by atoms with E-state index in [2.05, 4.69) is 45.4 Å². The molecule has 0 aliphatic rings. The molecule has 2 atom stereocenters. The summed E-state index contributed by atoms with van der Waals surface area (Å²) in [7, 11) is 0. The molecule has 0 aliphatic carbocycles. The van der Waals surface area contributed by atoms with Crippen LogP contribution >= 0.6 is 0 Å². The molecule has 2 heterocycles. The standard InChI is InChI=1S/C24H28N4O/c1-17(26-14-18-5-6-20-15-25-11-9-19(20)12-18)4-3-10-24(2,29)21-7-8-22-23(13-21)28-16-27-22/h5-9,11-13,15-17,26,29H,3-4,10,14H2,1-2H3,(H,27,28)/t17-,24?/m1/s1. The van der Waals surface area contributed by atoms with Gasteiger partial charge in [0.2, 0.25) is 0 Å². The van der Waals surface area contributed by atoms with Gasteiger partial charge in [0.15, 0.2) is 0 Å². The molecule has 0 spiro atoms. The zero-order valence-corrected chi connectivity index (χ0v) is 17.0. The van der Waals surface area contributed by atoms with E-state index in [4.69, 9.17) is 0 Å². The second-order valence-corrected chi connectivity index (χ2v) is 8.14. The highest BCUT2D eigenvalue weighted by Gasteiger charge is 2.23. The third-order valence-corrected chi connectivity index (χ3v) is 5.70. The maximum absolute atomic E-state index is 10.9. The van der Waals surface area contributed by atoms with Gasteiger partial charge >= 0.3 is 0 Å². The first-order valence-corrected chi connectivity index (χ1v) is 10.2. The van der Waals surface area contributed by atoms with Gasteiger partial charge < -0.3 is 15.4 Å². The van der Waals surface area contributed by atoms with Crippen LogP contribution in [0, 0.1) is 0 Å². The molecule has 29 heavy (non-hydrogen) atoms. The molecule has 0 saturated carbocycles. The zero-order valence-electron chi connectivity index (χ0n) is 17.0. The van der Waals surface area contributed by atoms with E-state index in [-0.39, 0.29) is 0 Å². The summed E-state index contributed by atoms with van der Waals surface area (Å²) >= 11 is 0. The molecule has 2 aromatic carbocycles. The molecule has 2 aromatic heterocycles. The Morgan fingerprint density at radius 1 is 1.14 bits per heavy atom. The third kappa shape index (κ3) is 4.63. The zero-order chi connectivity index (χ0) is 20.3. The number of pyridine rings is 1. The lowest BCUT2D eigenvalue weighted by Crippen LogP contribution is -2.27. The quantitative estimate of drug-likeness (QED) is 0.410. The summed E-state index contributed by atoms with van der Waals surface area (Å²) in [6.07, 6.45) is 8.10. The van der Waals surface area contributed by atoms with Crippen LogP contribution in [0.4, 0.5) is 0 Å². The first-order chi connectivity index (χ1) is 14.0. The van der Waals surface area contributed by atoms with Gasteiger partial charge in [0.05, 0.1) is 23.0 Å². The van der Waals surface area contributed by atoms with E-state index < -0.39 is 5.60 Å². The normalized spacial score (nSPS) is 14.9. The van der Waals surface area contributed by atoms with Crippen molar-refractivity contribution in [3.8, 4) is 0 Å². The molecule has 0 aliphatic heterocycles. The van der Waals surface area contributed by atoms with Crippen LogP contribution < -0.4 is 5.32 Å². The molecule has 4 aromatic rings. The lowest BCUT2D eigenvalue weighted by molar-refractivity contribution is 0.0445. The van der Waals surface area contributed by atoms with Crippen LogP contribution in [0.25, 0.3) is 21.8 Å². The molecule has 0 bridgehead atoms. The topological polar surface area (TPSA) is 73.8 Å². The van der Waals surface area contributed by atoms with E-state index in [1.165, 1.54) is 16.3 Å². The first kappa shape index (κ1) is 19.6. The molecule has 4 rings (SSSR count). The summed E-state index contributed by atoms with van der Waals surface area (Å²) in [4.78, 5) is 11.5. The number of nitrogens with one attached hydrogen (secondary N) is 2. The Morgan fingerprint density at radius 3 is 2.93 bits per heavy atom. The Morgan fingerprint density at radius 2 is 2.03 bits per heavy atom. The molecule has 5 heteroatoms. The van der Waals surface area contributed by atoms with Crippen LogP contribution in [-0.4, -0.2) is 26.1 Å². The van der Waals surface area contributed by atoms with Crippen LogP contribution in [0.15, 0.2) is 61.2 Å². The van der Waals surface area contributed by atoms with Crippen LogP contribution in [-0.2, 0) is 12.1 Å². The van der Waals surface area contributed by atoms with Gasteiger partial charge in [0.25, 0.3) is 0 Å². The minimum atomic E-state index is -0.842. The lowest BCUT2D eigenvalue weighted by Gasteiger charge is -2.25. The van der Waals surface area contributed by atoms with Crippen LogP contribution in [0.1, 0.15) is 44.2 Å². The number of nitrogens with zero attached hydrogens (tertiary/aromatic N) is 2. The van der Waals surface area contributed by atoms with E-state index in [0.29, 0.717) is 6.04 Å². The molecule has 150 valence electrons. The maximum Gasteiger partial charge on any atom is 0.0931 e. The smallest absolute Gasteiger partial charge is 0.0931 e. The number of benzene rings is 2. The second kappa shape index (κ2) is 8.31. The number of aromatic nitrogens is 3. The molecule has 0 amide bonds. The van der Waals surface area contributed by atoms with Gasteiger partial charge in [-0.25, -0.2) is 4.98 Å². The predicted molar refractivity (Wildman–Crippen MR) is 118 cm³/mol. The second-order valence-electron chi connectivity index (χ2n) is 8.14. The highest BCUT2D eigenvalue weighted by atomic mass is 16.3. The Hall–Kier alpha value is -2.76. The van der Waals surface area contributed by atoms with Crippen molar-refractivity contribution in [2.24, 2.45) is 0 Å². The van der Waals surface area contributed by atoms with Crippen molar-refractivity contribution in [3.05, 3.63) is 72.3 Å². The van der Waals surface area contributed by atoms with Crippen LogP contribution in [0.2, 0.25) is 0 Å². The molecular weight excluding hydrogens is 360 g/mol. The molecule has 0 fully saturated rings. The number of rotatable bonds is 8. The Labute approximate surface area is 171 Å². The van der Waals surface area contributed by atoms with Gasteiger partial charge in [0, 0.05) is 30.4 Å². The van der Waals surface area contributed by atoms with Crippen molar-refractivity contribution in [1.82, 2.24) is 20.3 Å². The Kier molecular flexibility index (Phi) is 5.60. The number of hydrogen-bond donors (Lipinski definition) is 3. The molecule has 0 saturated heterocycles. The summed E-state index contributed by atoms with van der Waals surface area (Å²) in [6, 6.07) is 14.9. The van der Waals surface area contributed by atoms with Gasteiger partial charge in [-0.1, -0.05) is 18.2 Å². The van der Waals surface area contributed by atoms with Crippen molar-refractivity contribution in [2.45, 2.75) is 51.3 Å². The van der Waals surface area contributed by atoms with Crippen LogP contribution in [0.5, 0.6) is 0 Å². The van der Waals surface area contributed by atoms with Gasteiger partial charge in [0.1, 0.15) is 0 Å². The van der Waals surface area contributed by atoms with Crippen molar-refractivity contribution < 1.29 is 5.11 Å². The largest absolute Gasteiger partial charge is 0.385 e. The van der Waals surface area contributed by atoms with Crippen molar-refractivity contribution >= 4 is 21.8 Å². The van der Waals surface area contributed by atoms with E-state index in [1.807, 2.05) is 43.6 Å². The highest BCUT2D eigenvalue weighted by Crippen LogP contribution is 2.28. The minimum Gasteiger partial charge on any atom is -0.385 e. The molecule has 5 nitrogen and oxygen atoms in total. The number of imidazole rings is 1. The number of aromatic amines is 1. The number of aliphatic hydroxyl groups is 1. The van der Waals surface area contributed by atoms with Gasteiger partial charge in [-0.3, -0.25) is 4.98 Å². The predicted octanol–water partition coefficient (Wildman–Crippen LogP) is 4.67. The Bertz CT molecular complexity index is 1100. The molecule has 1 unspecified atom stereocenters. The minimum absolute atomic E-state index is 0.383.